The van der Waals surface area contributed by atoms with Gasteiger partial charge in [-0.1, -0.05) is 74.5 Å². The van der Waals surface area contributed by atoms with Gasteiger partial charge in [0, 0.05) is 5.41 Å². The van der Waals surface area contributed by atoms with Gasteiger partial charge in [-0.3, -0.25) is 0 Å². The van der Waals surface area contributed by atoms with Crippen LogP contribution in [0.15, 0.2) is 97.1 Å². The highest BCUT2D eigenvalue weighted by Crippen LogP contribution is 2.34. The normalized spacial score (nSPS) is 12.0. The zero-order valence-electron chi connectivity index (χ0n) is 18.2. The Morgan fingerprint density at radius 2 is 0.875 bits per heavy atom. The first-order valence-corrected chi connectivity index (χ1v) is 10.5. The number of aromatic hydroxyl groups is 3. The molecular weight excluding hydrogens is 396 g/mol. The second-order valence-electron chi connectivity index (χ2n) is 8.45. The van der Waals surface area contributed by atoms with E-state index in [-0.39, 0.29) is 22.7 Å². The van der Waals surface area contributed by atoms with Crippen LogP contribution in [-0.4, -0.2) is 15.3 Å². The average molecular weight is 423 g/mol. The molecule has 0 aliphatic rings. The van der Waals surface area contributed by atoms with Crippen LogP contribution in [0.2, 0.25) is 0 Å². The van der Waals surface area contributed by atoms with Crippen LogP contribution in [0.4, 0.5) is 0 Å². The fraction of sp³-hybridized carbons (Fsp3) is 0.103. The molecule has 0 spiro atoms. The predicted molar refractivity (Wildman–Crippen MR) is 130 cm³/mol. The van der Waals surface area contributed by atoms with Gasteiger partial charge in [0.1, 0.15) is 17.2 Å². The molecule has 0 fully saturated rings. The number of phenols is 3. The van der Waals surface area contributed by atoms with Crippen LogP contribution < -0.4 is 0 Å². The van der Waals surface area contributed by atoms with Crippen molar-refractivity contribution in [2.75, 3.05) is 0 Å². The number of phenolic OH excluding ortho intramolecular Hbond substituents is 3. The fourth-order valence-corrected chi connectivity index (χ4v) is 3.82. The van der Waals surface area contributed by atoms with Gasteiger partial charge in [-0.05, 0) is 75.9 Å². The molecule has 160 valence electrons. The lowest BCUT2D eigenvalue weighted by atomic mass is 9.77. The van der Waals surface area contributed by atoms with Gasteiger partial charge < -0.3 is 15.3 Å². The Hall–Kier alpha value is -3.98. The summed E-state index contributed by atoms with van der Waals surface area (Å²) in [6.07, 6.45) is 2.08. The summed E-state index contributed by atoms with van der Waals surface area (Å²) in [5, 5.41) is 28.9. The van der Waals surface area contributed by atoms with E-state index < -0.39 is 0 Å². The summed E-state index contributed by atoms with van der Waals surface area (Å²) in [4.78, 5) is 0. The number of rotatable bonds is 5. The van der Waals surface area contributed by atoms with Gasteiger partial charge in [0.25, 0.3) is 0 Å². The van der Waals surface area contributed by atoms with Gasteiger partial charge >= 0.3 is 0 Å². The van der Waals surface area contributed by atoms with E-state index in [2.05, 4.69) is 44.2 Å². The zero-order chi connectivity index (χ0) is 22.7. The maximum absolute atomic E-state index is 9.72. The van der Waals surface area contributed by atoms with Crippen molar-refractivity contribution in [1.29, 1.82) is 0 Å². The van der Waals surface area contributed by atoms with E-state index in [1.54, 1.807) is 36.4 Å². The van der Waals surface area contributed by atoms with E-state index in [0.29, 0.717) is 0 Å². The molecule has 4 aromatic rings. The van der Waals surface area contributed by atoms with Gasteiger partial charge in [0.05, 0.1) is 0 Å². The molecule has 3 nitrogen and oxygen atoms in total. The Labute approximate surface area is 188 Å². The van der Waals surface area contributed by atoms with E-state index in [4.69, 9.17) is 0 Å². The maximum atomic E-state index is 9.72. The quantitative estimate of drug-likeness (QED) is 0.313. The molecule has 32 heavy (non-hydrogen) atoms. The van der Waals surface area contributed by atoms with Gasteiger partial charge in [0.15, 0.2) is 0 Å². The van der Waals surface area contributed by atoms with Crippen LogP contribution in [0.1, 0.15) is 41.7 Å². The third-order valence-electron chi connectivity index (χ3n) is 5.89. The molecule has 0 amide bonds. The first-order chi connectivity index (χ1) is 15.3. The molecule has 3 N–H and O–H groups in total. The molecule has 0 aromatic heterocycles. The van der Waals surface area contributed by atoms with Crippen molar-refractivity contribution in [3.63, 3.8) is 0 Å². The first kappa shape index (κ1) is 21.3. The Morgan fingerprint density at radius 1 is 0.531 bits per heavy atom. The third-order valence-corrected chi connectivity index (χ3v) is 5.89. The Morgan fingerprint density at radius 3 is 1.34 bits per heavy atom. The van der Waals surface area contributed by atoms with Gasteiger partial charge in [-0.25, -0.2) is 0 Å². The van der Waals surface area contributed by atoms with Crippen LogP contribution in [0.3, 0.4) is 0 Å². The second-order valence-corrected chi connectivity index (χ2v) is 8.45. The number of benzene rings is 4. The summed E-state index contributed by atoms with van der Waals surface area (Å²) in [7, 11) is 0. The van der Waals surface area contributed by atoms with E-state index >= 15 is 0 Å². The third kappa shape index (κ3) is 4.52. The van der Waals surface area contributed by atoms with Crippen molar-refractivity contribution in [2.45, 2.75) is 19.3 Å². The minimum Gasteiger partial charge on any atom is -0.508 e. The molecule has 0 heterocycles. The molecule has 0 aliphatic heterocycles. The van der Waals surface area contributed by atoms with Crippen molar-refractivity contribution in [1.82, 2.24) is 0 Å². The van der Waals surface area contributed by atoms with Crippen molar-refractivity contribution >= 4 is 11.6 Å². The van der Waals surface area contributed by atoms with Gasteiger partial charge in [-0.2, -0.15) is 0 Å². The minimum atomic E-state index is -0.217. The topological polar surface area (TPSA) is 60.7 Å². The highest BCUT2D eigenvalue weighted by molar-refractivity contribution is 5.91. The Balaban J connectivity index is 1.74. The number of hydrogen-bond acceptors (Lipinski definition) is 3. The molecule has 0 unspecified atom stereocenters. The molecule has 0 radical (unpaired) electrons. The van der Waals surface area contributed by atoms with Crippen molar-refractivity contribution in [2.24, 2.45) is 0 Å². The van der Waals surface area contributed by atoms with Crippen LogP contribution in [-0.2, 0) is 5.41 Å². The van der Waals surface area contributed by atoms with Gasteiger partial charge in [0.2, 0.25) is 0 Å². The van der Waals surface area contributed by atoms with E-state index in [1.165, 1.54) is 5.56 Å². The Bertz CT molecular complexity index is 1220. The standard InChI is InChI=1S/C29H26O3/c1-29(2,24-11-17-27(32)18-12-24)23-9-5-21(6-10-23)28(22-7-15-26(31)16-8-22)19-20-3-13-25(30)14-4-20/h3-19,30-32H,1-2H3. The molecule has 0 saturated heterocycles. The van der Waals surface area contributed by atoms with Crippen molar-refractivity contribution in [3.8, 4) is 17.2 Å². The van der Waals surface area contributed by atoms with Crippen LogP contribution in [0.5, 0.6) is 17.2 Å². The minimum absolute atomic E-state index is 0.217. The molecule has 0 saturated carbocycles. The van der Waals surface area contributed by atoms with Gasteiger partial charge in [-0.15, -0.1) is 0 Å². The molecule has 3 heteroatoms. The molecular formula is C29H26O3. The molecule has 4 rings (SSSR count). The molecule has 0 bridgehead atoms. The average Bonchev–Trinajstić information content (AvgIpc) is 2.80. The summed E-state index contributed by atoms with van der Waals surface area (Å²) in [6, 6.07) is 30.1. The summed E-state index contributed by atoms with van der Waals surface area (Å²) < 4.78 is 0. The van der Waals surface area contributed by atoms with E-state index in [9.17, 15) is 15.3 Å². The van der Waals surface area contributed by atoms with Crippen molar-refractivity contribution < 1.29 is 15.3 Å². The lowest BCUT2D eigenvalue weighted by Crippen LogP contribution is -2.18. The number of hydrogen-bond donors (Lipinski definition) is 3. The van der Waals surface area contributed by atoms with Crippen molar-refractivity contribution in [3.05, 3.63) is 125 Å². The van der Waals surface area contributed by atoms with Crippen LogP contribution in [0.25, 0.3) is 11.6 Å². The van der Waals surface area contributed by atoms with E-state index in [0.717, 1.165) is 27.8 Å². The predicted octanol–water partition coefficient (Wildman–Crippen LogP) is 6.72. The fourth-order valence-electron chi connectivity index (χ4n) is 3.82. The van der Waals surface area contributed by atoms with Crippen LogP contribution >= 0.6 is 0 Å². The monoisotopic (exact) mass is 422 g/mol. The molecule has 4 aromatic carbocycles. The SMILES string of the molecule is CC(C)(c1ccc(O)cc1)c1ccc(C(=Cc2ccc(O)cc2)c2ccc(O)cc2)cc1. The lowest BCUT2D eigenvalue weighted by molar-refractivity contribution is 0.474. The second kappa shape index (κ2) is 8.64. The summed E-state index contributed by atoms with van der Waals surface area (Å²) in [6.45, 7) is 4.34. The summed E-state index contributed by atoms with van der Waals surface area (Å²) >= 11 is 0. The maximum Gasteiger partial charge on any atom is 0.115 e. The molecule has 0 aliphatic carbocycles. The highest BCUT2D eigenvalue weighted by atomic mass is 16.3. The van der Waals surface area contributed by atoms with E-state index in [1.807, 2.05) is 36.4 Å². The Kier molecular flexibility index (Phi) is 5.74. The smallest absolute Gasteiger partial charge is 0.115 e. The zero-order valence-corrected chi connectivity index (χ0v) is 18.2. The summed E-state index contributed by atoms with van der Waals surface area (Å²) in [5.41, 5.74) is 6.11. The first-order valence-electron chi connectivity index (χ1n) is 10.5. The summed E-state index contributed by atoms with van der Waals surface area (Å²) in [5.74, 6) is 0.718. The lowest BCUT2D eigenvalue weighted by Gasteiger charge is -2.26. The highest BCUT2D eigenvalue weighted by Gasteiger charge is 2.23. The largest absolute Gasteiger partial charge is 0.508 e. The molecule has 0 atom stereocenters. The van der Waals surface area contributed by atoms with Crippen LogP contribution in [0, 0.1) is 0 Å².